The summed E-state index contributed by atoms with van der Waals surface area (Å²) >= 11 is 0. The van der Waals surface area contributed by atoms with Crippen LogP contribution in [-0.2, 0) is 10.0 Å². The average Bonchev–Trinajstić information content (AvgIpc) is 2.60. The Morgan fingerprint density at radius 2 is 1.90 bits per heavy atom. The van der Waals surface area contributed by atoms with Gasteiger partial charge in [0.15, 0.2) is 5.78 Å². The van der Waals surface area contributed by atoms with Crippen molar-refractivity contribution < 1.29 is 13.2 Å². The van der Waals surface area contributed by atoms with Crippen LogP contribution < -0.4 is 0 Å². The summed E-state index contributed by atoms with van der Waals surface area (Å²) < 4.78 is 27.0. The number of nitrogens with zero attached hydrogens (tertiary/aromatic N) is 1. The molecule has 0 aliphatic carbocycles. The minimum absolute atomic E-state index is 0.121. The first kappa shape index (κ1) is 16.2. The molecular formula is C16H23NO3S. The monoisotopic (exact) mass is 309 g/mol. The fraction of sp³-hybridized carbons (Fsp3) is 0.562. The molecule has 0 bridgehead atoms. The van der Waals surface area contributed by atoms with E-state index in [-0.39, 0.29) is 16.1 Å². The Hall–Kier alpha value is -1.20. The second-order valence-corrected chi connectivity index (χ2v) is 8.44. The van der Waals surface area contributed by atoms with Crippen molar-refractivity contribution in [1.29, 1.82) is 0 Å². The van der Waals surface area contributed by atoms with E-state index in [9.17, 15) is 13.2 Å². The van der Waals surface area contributed by atoms with Gasteiger partial charge in [0.2, 0.25) is 10.0 Å². The lowest BCUT2D eigenvalue weighted by molar-refractivity contribution is 0.101. The molecular weight excluding hydrogens is 286 g/mol. The van der Waals surface area contributed by atoms with Crippen LogP contribution in [0.15, 0.2) is 29.2 Å². The molecule has 0 amide bonds. The Labute approximate surface area is 127 Å². The van der Waals surface area contributed by atoms with Crippen molar-refractivity contribution in [3.8, 4) is 0 Å². The lowest BCUT2D eigenvalue weighted by atomic mass is 9.85. The van der Waals surface area contributed by atoms with Crippen molar-refractivity contribution in [2.45, 2.75) is 44.9 Å². The first-order chi connectivity index (χ1) is 9.72. The lowest BCUT2D eigenvalue weighted by Crippen LogP contribution is -2.32. The largest absolute Gasteiger partial charge is 0.295 e. The van der Waals surface area contributed by atoms with Gasteiger partial charge in [-0.15, -0.1) is 0 Å². The van der Waals surface area contributed by atoms with E-state index < -0.39 is 10.0 Å². The summed E-state index contributed by atoms with van der Waals surface area (Å²) in [5, 5.41) is 0. The topological polar surface area (TPSA) is 54.5 Å². The molecule has 1 aromatic rings. The number of rotatable bonds is 3. The number of benzene rings is 1. The Bertz CT molecular complexity index is 635. The minimum atomic E-state index is -3.51. The Balaban J connectivity index is 2.29. The van der Waals surface area contributed by atoms with Crippen molar-refractivity contribution >= 4 is 15.8 Å². The summed E-state index contributed by atoms with van der Waals surface area (Å²) in [5.74, 6) is -0.121. The van der Waals surface area contributed by atoms with Gasteiger partial charge in [-0.2, -0.15) is 4.31 Å². The maximum atomic E-state index is 12.7. The molecule has 1 aromatic carbocycles. The zero-order valence-electron chi connectivity index (χ0n) is 12.9. The van der Waals surface area contributed by atoms with Gasteiger partial charge in [-0.1, -0.05) is 26.0 Å². The van der Waals surface area contributed by atoms with Crippen LogP contribution in [0.3, 0.4) is 0 Å². The number of carbonyl (C=O) groups is 1. The molecule has 0 unspecified atom stereocenters. The van der Waals surface area contributed by atoms with Crippen LogP contribution in [0.1, 0.15) is 50.4 Å². The second kappa shape index (κ2) is 5.89. The van der Waals surface area contributed by atoms with Gasteiger partial charge in [0.05, 0.1) is 4.90 Å². The molecule has 1 aliphatic heterocycles. The molecule has 4 nitrogen and oxygen atoms in total. The highest BCUT2D eigenvalue weighted by atomic mass is 32.2. The molecule has 0 aromatic heterocycles. The highest BCUT2D eigenvalue weighted by Crippen LogP contribution is 2.31. The fourth-order valence-electron chi connectivity index (χ4n) is 2.66. The minimum Gasteiger partial charge on any atom is -0.295 e. The maximum Gasteiger partial charge on any atom is 0.243 e. The normalized spacial score (nSPS) is 20.0. The van der Waals surface area contributed by atoms with Crippen LogP contribution in [-0.4, -0.2) is 31.6 Å². The second-order valence-electron chi connectivity index (χ2n) is 6.51. The van der Waals surface area contributed by atoms with Gasteiger partial charge in [0.1, 0.15) is 0 Å². The quantitative estimate of drug-likeness (QED) is 0.806. The number of hydrogen-bond donors (Lipinski definition) is 0. The maximum absolute atomic E-state index is 12.7. The van der Waals surface area contributed by atoms with Crippen LogP contribution >= 0.6 is 0 Å². The van der Waals surface area contributed by atoms with Gasteiger partial charge in [-0.3, -0.25) is 4.79 Å². The fourth-order valence-corrected chi connectivity index (χ4v) is 4.19. The van der Waals surface area contributed by atoms with Gasteiger partial charge < -0.3 is 0 Å². The molecule has 1 aliphatic rings. The van der Waals surface area contributed by atoms with E-state index in [0.29, 0.717) is 18.7 Å². The number of carbonyl (C=O) groups excluding carboxylic acids is 1. The van der Waals surface area contributed by atoms with E-state index >= 15 is 0 Å². The van der Waals surface area contributed by atoms with Gasteiger partial charge in [0, 0.05) is 18.7 Å². The molecule has 0 saturated carbocycles. The molecule has 1 heterocycles. The predicted molar refractivity (Wildman–Crippen MR) is 82.8 cm³/mol. The van der Waals surface area contributed by atoms with Crippen LogP contribution in [0.25, 0.3) is 0 Å². The third-order valence-electron chi connectivity index (χ3n) is 4.18. The molecule has 116 valence electrons. The first-order valence-electron chi connectivity index (χ1n) is 7.34. The summed E-state index contributed by atoms with van der Waals surface area (Å²) in [6.45, 7) is 6.90. The van der Waals surface area contributed by atoms with E-state index in [1.54, 1.807) is 22.5 Å². The molecule has 1 fully saturated rings. The molecule has 21 heavy (non-hydrogen) atoms. The van der Waals surface area contributed by atoms with Crippen molar-refractivity contribution in [3.63, 3.8) is 0 Å². The number of Topliss-reactive ketones (excluding diaryl/α,β-unsaturated/α-hetero) is 1. The molecule has 0 spiro atoms. The standard InChI is InChI=1S/C16H23NO3S/c1-13(18)14-6-4-7-15(12-14)21(19,20)17-10-5-8-16(2,3)9-11-17/h4,6-7,12H,5,8-11H2,1-3H3. The Kier molecular flexibility index (Phi) is 4.54. The summed E-state index contributed by atoms with van der Waals surface area (Å²) in [4.78, 5) is 11.7. The summed E-state index contributed by atoms with van der Waals surface area (Å²) in [7, 11) is -3.51. The zero-order valence-corrected chi connectivity index (χ0v) is 13.7. The molecule has 2 rings (SSSR count). The summed E-state index contributed by atoms with van der Waals surface area (Å²) in [6.07, 6.45) is 2.77. The van der Waals surface area contributed by atoms with E-state index in [2.05, 4.69) is 13.8 Å². The van der Waals surface area contributed by atoms with Crippen LogP contribution in [0, 0.1) is 5.41 Å². The van der Waals surface area contributed by atoms with Crippen LogP contribution in [0.4, 0.5) is 0 Å². The highest BCUT2D eigenvalue weighted by Gasteiger charge is 2.30. The zero-order chi connectivity index (χ0) is 15.7. The SMILES string of the molecule is CC(=O)c1cccc(S(=O)(=O)N2CCCC(C)(C)CC2)c1. The summed E-state index contributed by atoms with van der Waals surface area (Å²) in [6, 6.07) is 6.32. The van der Waals surface area contributed by atoms with Crippen molar-refractivity contribution in [1.82, 2.24) is 4.31 Å². The van der Waals surface area contributed by atoms with Crippen molar-refractivity contribution in [2.75, 3.05) is 13.1 Å². The lowest BCUT2D eigenvalue weighted by Gasteiger charge is -2.23. The Morgan fingerprint density at radius 3 is 2.57 bits per heavy atom. The van der Waals surface area contributed by atoms with Crippen molar-refractivity contribution in [3.05, 3.63) is 29.8 Å². The van der Waals surface area contributed by atoms with Gasteiger partial charge in [-0.25, -0.2) is 8.42 Å². The van der Waals surface area contributed by atoms with Gasteiger partial charge in [-0.05, 0) is 43.7 Å². The van der Waals surface area contributed by atoms with E-state index in [1.165, 1.54) is 13.0 Å². The van der Waals surface area contributed by atoms with Gasteiger partial charge in [0.25, 0.3) is 0 Å². The van der Waals surface area contributed by atoms with E-state index in [0.717, 1.165) is 19.3 Å². The van der Waals surface area contributed by atoms with Crippen LogP contribution in [0.2, 0.25) is 0 Å². The van der Waals surface area contributed by atoms with Crippen molar-refractivity contribution in [2.24, 2.45) is 5.41 Å². The van der Waals surface area contributed by atoms with E-state index in [4.69, 9.17) is 0 Å². The third-order valence-corrected chi connectivity index (χ3v) is 6.07. The van der Waals surface area contributed by atoms with Gasteiger partial charge >= 0.3 is 0 Å². The number of hydrogen-bond acceptors (Lipinski definition) is 3. The smallest absolute Gasteiger partial charge is 0.243 e. The molecule has 0 atom stereocenters. The van der Waals surface area contributed by atoms with Crippen LogP contribution in [0.5, 0.6) is 0 Å². The number of sulfonamides is 1. The number of ketones is 1. The van der Waals surface area contributed by atoms with E-state index in [1.807, 2.05) is 0 Å². The third kappa shape index (κ3) is 3.71. The predicted octanol–water partition coefficient (Wildman–Crippen LogP) is 3.09. The molecule has 0 radical (unpaired) electrons. The molecule has 1 saturated heterocycles. The molecule has 5 heteroatoms. The summed E-state index contributed by atoms with van der Waals surface area (Å²) in [5.41, 5.74) is 0.622. The Morgan fingerprint density at radius 1 is 1.19 bits per heavy atom. The first-order valence-corrected chi connectivity index (χ1v) is 8.78. The average molecular weight is 309 g/mol. The highest BCUT2D eigenvalue weighted by molar-refractivity contribution is 7.89. The molecule has 0 N–H and O–H groups in total.